The van der Waals surface area contributed by atoms with Crippen LogP contribution < -0.4 is 4.90 Å². The smallest absolute Gasteiger partial charge is 0.422 e. The lowest BCUT2D eigenvalue weighted by Crippen LogP contribution is -2.36. The van der Waals surface area contributed by atoms with E-state index in [4.69, 9.17) is 13.6 Å². The minimum atomic E-state index is -1.28. The Morgan fingerprint density at radius 1 is 1.18 bits per heavy atom. The van der Waals surface area contributed by atoms with Gasteiger partial charge in [0.15, 0.2) is 5.60 Å². The van der Waals surface area contributed by atoms with Gasteiger partial charge in [0.25, 0.3) is 5.91 Å². The van der Waals surface area contributed by atoms with Gasteiger partial charge >= 0.3 is 12.0 Å². The van der Waals surface area contributed by atoms with E-state index in [2.05, 4.69) is 0 Å². The number of cyclic esters (lactones) is 1. The molecule has 0 bridgehead atoms. The van der Waals surface area contributed by atoms with Gasteiger partial charge in [0.1, 0.15) is 16.9 Å². The zero-order valence-electron chi connectivity index (χ0n) is 11.7. The molecule has 7 heteroatoms. The summed E-state index contributed by atoms with van der Waals surface area (Å²) in [6.45, 7) is 2.97. The van der Waals surface area contributed by atoms with Crippen LogP contribution in [0.5, 0.6) is 5.95 Å². The van der Waals surface area contributed by atoms with E-state index in [9.17, 15) is 14.7 Å². The lowest BCUT2D eigenvalue weighted by molar-refractivity contribution is -0.127. The van der Waals surface area contributed by atoms with Crippen LogP contribution in [0.2, 0.25) is 0 Å². The zero-order valence-corrected chi connectivity index (χ0v) is 11.7. The summed E-state index contributed by atoms with van der Waals surface area (Å²) >= 11 is 0. The minimum absolute atomic E-state index is 0.0151. The van der Waals surface area contributed by atoms with E-state index >= 15 is 0 Å². The quantitative estimate of drug-likeness (QED) is 0.742. The molecular weight excluding hydrogens is 290 g/mol. The van der Waals surface area contributed by atoms with Crippen molar-refractivity contribution in [1.82, 2.24) is 0 Å². The fraction of sp³-hybridized carbons (Fsp3) is 0.200. The third-order valence-electron chi connectivity index (χ3n) is 3.69. The molecule has 7 nitrogen and oxygen atoms in total. The molecule has 1 aromatic carbocycles. The molecule has 1 aliphatic rings. The third kappa shape index (κ3) is 1.50. The second-order valence-electron chi connectivity index (χ2n) is 5.58. The Labute approximate surface area is 123 Å². The number of anilines is 1. The molecular formula is C15H11NO6. The summed E-state index contributed by atoms with van der Waals surface area (Å²) in [5, 5.41) is 11.2. The summed E-state index contributed by atoms with van der Waals surface area (Å²) in [4.78, 5) is 25.2. The molecule has 1 saturated heterocycles. The van der Waals surface area contributed by atoms with Crippen molar-refractivity contribution in [3.8, 4) is 5.95 Å². The Hall–Kier alpha value is -2.96. The predicted octanol–water partition coefficient (Wildman–Crippen LogP) is 3.15. The van der Waals surface area contributed by atoms with Crippen LogP contribution in [0.3, 0.4) is 0 Å². The maximum absolute atomic E-state index is 12.4. The predicted molar refractivity (Wildman–Crippen MR) is 75.7 cm³/mol. The van der Waals surface area contributed by atoms with Crippen LogP contribution in [0.4, 0.5) is 10.5 Å². The summed E-state index contributed by atoms with van der Waals surface area (Å²) in [5.74, 6) is -1.09. The molecule has 3 aromatic rings. The van der Waals surface area contributed by atoms with Gasteiger partial charge < -0.3 is 18.7 Å². The Bertz CT molecular complexity index is 948. The molecule has 0 radical (unpaired) electrons. The van der Waals surface area contributed by atoms with Gasteiger partial charge in [-0.2, -0.15) is 0 Å². The number of imide groups is 1. The van der Waals surface area contributed by atoms with Crippen LogP contribution in [-0.2, 0) is 9.53 Å². The SMILES string of the molecule is CC1(C)OC(=O)N(c2c(O)oc3cc4occc4cc23)C1=O. The Morgan fingerprint density at radius 3 is 2.64 bits per heavy atom. The Kier molecular flexibility index (Phi) is 2.21. The molecule has 0 aliphatic carbocycles. The third-order valence-corrected chi connectivity index (χ3v) is 3.69. The zero-order chi connectivity index (χ0) is 15.6. The molecule has 0 saturated carbocycles. The molecule has 0 atom stereocenters. The maximum atomic E-state index is 12.4. The summed E-state index contributed by atoms with van der Waals surface area (Å²) in [5.41, 5.74) is -0.422. The van der Waals surface area contributed by atoms with Crippen molar-refractivity contribution in [2.24, 2.45) is 0 Å². The highest BCUT2D eigenvalue weighted by molar-refractivity contribution is 6.24. The van der Waals surface area contributed by atoms with Crippen LogP contribution in [0, 0.1) is 0 Å². The first-order valence-corrected chi connectivity index (χ1v) is 6.59. The van der Waals surface area contributed by atoms with Crippen LogP contribution in [0.15, 0.2) is 33.3 Å². The molecule has 1 aliphatic heterocycles. The van der Waals surface area contributed by atoms with Gasteiger partial charge in [0.2, 0.25) is 0 Å². The number of carbonyl (C=O) groups is 2. The normalized spacial score (nSPS) is 17.6. The number of aromatic hydroxyl groups is 1. The topological polar surface area (TPSA) is 93.1 Å². The number of hydrogen-bond donors (Lipinski definition) is 1. The van der Waals surface area contributed by atoms with Crippen LogP contribution >= 0.6 is 0 Å². The average molecular weight is 301 g/mol. The number of fused-ring (bicyclic) bond motifs is 2. The first kappa shape index (κ1) is 12.8. The highest BCUT2D eigenvalue weighted by Gasteiger charge is 2.50. The standard InChI is InChI=1S/C15H11NO6/c1-15(2)13(18)16(14(19)22-15)11-8-5-7-3-4-20-9(7)6-10(8)21-12(11)17/h3-6,17H,1-2H3. The fourth-order valence-electron chi connectivity index (χ4n) is 2.60. The van der Waals surface area contributed by atoms with Crippen LogP contribution in [0.25, 0.3) is 21.9 Å². The van der Waals surface area contributed by atoms with Gasteiger partial charge in [0, 0.05) is 16.8 Å². The second-order valence-corrected chi connectivity index (χ2v) is 5.58. The van der Waals surface area contributed by atoms with E-state index in [1.54, 1.807) is 18.2 Å². The first-order chi connectivity index (χ1) is 10.4. The van der Waals surface area contributed by atoms with Gasteiger partial charge in [-0.1, -0.05) is 0 Å². The summed E-state index contributed by atoms with van der Waals surface area (Å²) < 4.78 is 15.5. The lowest BCUT2D eigenvalue weighted by atomic mass is 10.1. The summed E-state index contributed by atoms with van der Waals surface area (Å²) in [7, 11) is 0. The molecule has 2 aromatic heterocycles. The summed E-state index contributed by atoms with van der Waals surface area (Å²) in [6, 6.07) is 5.00. The number of rotatable bonds is 1. The summed E-state index contributed by atoms with van der Waals surface area (Å²) in [6.07, 6.45) is 0.668. The van der Waals surface area contributed by atoms with Gasteiger partial charge in [-0.15, -0.1) is 0 Å². The van der Waals surface area contributed by atoms with Crippen molar-refractivity contribution in [3.05, 3.63) is 24.5 Å². The average Bonchev–Trinajstić information content (AvgIpc) is 3.05. The van der Waals surface area contributed by atoms with E-state index in [-0.39, 0.29) is 5.69 Å². The molecule has 4 rings (SSSR count). The number of furan rings is 2. The molecule has 0 unspecified atom stereocenters. The van der Waals surface area contributed by atoms with Gasteiger partial charge in [-0.05, 0) is 26.0 Å². The van der Waals surface area contributed by atoms with Gasteiger partial charge in [-0.25, -0.2) is 9.69 Å². The largest absolute Gasteiger partial charge is 0.479 e. The van der Waals surface area contributed by atoms with Crippen molar-refractivity contribution in [2.45, 2.75) is 19.4 Å². The number of nitrogens with zero attached hydrogens (tertiary/aromatic N) is 1. The van der Waals surface area contributed by atoms with E-state index in [0.717, 1.165) is 10.3 Å². The van der Waals surface area contributed by atoms with E-state index in [1.165, 1.54) is 20.1 Å². The maximum Gasteiger partial charge on any atom is 0.422 e. The number of amides is 2. The van der Waals surface area contributed by atoms with Crippen molar-refractivity contribution in [3.63, 3.8) is 0 Å². The van der Waals surface area contributed by atoms with Gasteiger partial charge in [-0.3, -0.25) is 4.79 Å². The molecule has 3 heterocycles. The molecule has 112 valence electrons. The van der Waals surface area contributed by atoms with E-state index < -0.39 is 23.5 Å². The molecule has 1 N–H and O–H groups in total. The van der Waals surface area contributed by atoms with Crippen molar-refractivity contribution < 1.29 is 28.3 Å². The fourth-order valence-corrected chi connectivity index (χ4v) is 2.60. The van der Waals surface area contributed by atoms with Gasteiger partial charge in [0.05, 0.1) is 6.26 Å². The number of hydrogen-bond acceptors (Lipinski definition) is 6. The lowest BCUT2D eigenvalue weighted by Gasteiger charge is -2.12. The monoisotopic (exact) mass is 301 g/mol. The minimum Gasteiger partial charge on any atom is -0.479 e. The molecule has 1 fully saturated rings. The number of carbonyl (C=O) groups excluding carboxylic acids is 2. The highest BCUT2D eigenvalue weighted by Crippen LogP contribution is 2.43. The first-order valence-electron chi connectivity index (χ1n) is 6.59. The Balaban J connectivity index is 2.00. The highest BCUT2D eigenvalue weighted by atomic mass is 16.6. The molecule has 0 spiro atoms. The van der Waals surface area contributed by atoms with Crippen molar-refractivity contribution in [1.29, 1.82) is 0 Å². The van der Waals surface area contributed by atoms with Crippen LogP contribution in [-0.4, -0.2) is 22.7 Å². The van der Waals surface area contributed by atoms with Crippen molar-refractivity contribution >= 4 is 39.6 Å². The number of benzene rings is 1. The van der Waals surface area contributed by atoms with E-state index in [1.807, 2.05) is 0 Å². The Morgan fingerprint density at radius 2 is 1.95 bits per heavy atom. The molecule has 2 amide bonds. The van der Waals surface area contributed by atoms with Crippen molar-refractivity contribution in [2.75, 3.05) is 4.90 Å². The number of ether oxygens (including phenoxy) is 1. The van der Waals surface area contributed by atoms with Crippen LogP contribution in [0.1, 0.15) is 13.8 Å². The second kappa shape index (κ2) is 3.82. The molecule has 22 heavy (non-hydrogen) atoms. The van der Waals surface area contributed by atoms with E-state index in [0.29, 0.717) is 16.6 Å².